The number of hydrogen-bond acceptors (Lipinski definition) is 5. The molecule has 2 heterocycles. The van der Waals surface area contributed by atoms with E-state index in [4.69, 9.17) is 17.3 Å². The van der Waals surface area contributed by atoms with Crippen LogP contribution in [0.25, 0.3) is 10.6 Å². The highest BCUT2D eigenvalue weighted by Gasteiger charge is 2.40. The second-order valence-electron chi connectivity index (χ2n) is 5.77. The summed E-state index contributed by atoms with van der Waals surface area (Å²) < 4.78 is 0. The maximum atomic E-state index is 12.6. The number of β-amino-alcohol motifs (C(OH)–C–C–N with tert-alkyl or cyclic N) is 1. The summed E-state index contributed by atoms with van der Waals surface area (Å²) in [6, 6.07) is 7.23. The Morgan fingerprint density at radius 3 is 2.92 bits per heavy atom. The van der Waals surface area contributed by atoms with Crippen LogP contribution in [0.1, 0.15) is 23.3 Å². The molecule has 1 atom stereocenters. The Bertz CT molecular complexity index is 794. The van der Waals surface area contributed by atoms with Crippen molar-refractivity contribution >= 4 is 34.8 Å². The van der Waals surface area contributed by atoms with Crippen LogP contribution in [-0.2, 0) is 4.79 Å². The first-order chi connectivity index (χ1) is 11.4. The third kappa shape index (κ3) is 3.28. The molecule has 0 bridgehead atoms. The summed E-state index contributed by atoms with van der Waals surface area (Å²) in [5.74, 6) is -1.13. The van der Waals surface area contributed by atoms with Gasteiger partial charge in [-0.05, 0) is 25.0 Å². The van der Waals surface area contributed by atoms with Gasteiger partial charge in [-0.2, -0.15) is 0 Å². The Morgan fingerprint density at radius 1 is 1.42 bits per heavy atom. The van der Waals surface area contributed by atoms with Crippen LogP contribution in [0.4, 0.5) is 0 Å². The van der Waals surface area contributed by atoms with Crippen LogP contribution in [0.15, 0.2) is 29.6 Å². The van der Waals surface area contributed by atoms with E-state index in [1.807, 2.05) is 12.1 Å². The number of aromatic nitrogens is 1. The number of carbonyl (C=O) groups is 2. The van der Waals surface area contributed by atoms with Gasteiger partial charge in [-0.25, -0.2) is 4.98 Å². The maximum absolute atomic E-state index is 12.6. The van der Waals surface area contributed by atoms with Gasteiger partial charge in [0.2, 0.25) is 0 Å². The highest BCUT2D eigenvalue weighted by molar-refractivity contribution is 7.13. The van der Waals surface area contributed by atoms with Crippen molar-refractivity contribution in [2.45, 2.75) is 18.4 Å². The van der Waals surface area contributed by atoms with Gasteiger partial charge in [-0.1, -0.05) is 23.7 Å². The van der Waals surface area contributed by atoms with Gasteiger partial charge < -0.3 is 15.7 Å². The molecule has 1 aliphatic rings. The molecule has 3 rings (SSSR count). The number of benzene rings is 1. The zero-order chi connectivity index (χ0) is 17.3. The van der Waals surface area contributed by atoms with E-state index in [-0.39, 0.29) is 24.6 Å². The van der Waals surface area contributed by atoms with Crippen LogP contribution in [0.2, 0.25) is 5.02 Å². The SMILES string of the molecule is NC(=O)C1(O)CCCN(C(=O)c2csc(-c3cccc(Cl)c3)n2)C1. The first-order valence-electron chi connectivity index (χ1n) is 7.42. The molecule has 1 aromatic carbocycles. The third-order valence-corrected chi connectivity index (χ3v) is 5.14. The molecule has 2 aromatic rings. The molecule has 0 radical (unpaired) electrons. The van der Waals surface area contributed by atoms with E-state index in [1.165, 1.54) is 16.2 Å². The number of aliphatic hydroxyl groups is 1. The lowest BCUT2D eigenvalue weighted by atomic mass is 9.92. The standard InChI is InChI=1S/C16H16ClN3O3S/c17-11-4-1-3-10(7-11)13-19-12(8-24-13)14(21)20-6-2-5-16(23,9-20)15(18)22/h1,3-4,7-8,23H,2,5-6,9H2,(H2,18,22). The predicted octanol–water partition coefficient (Wildman–Crippen LogP) is 1.92. The number of nitrogens with zero attached hydrogens (tertiary/aromatic N) is 2. The molecule has 24 heavy (non-hydrogen) atoms. The van der Waals surface area contributed by atoms with Gasteiger partial charge in [-0.3, -0.25) is 9.59 Å². The van der Waals surface area contributed by atoms with Crippen molar-refractivity contribution in [1.82, 2.24) is 9.88 Å². The van der Waals surface area contributed by atoms with E-state index in [9.17, 15) is 14.7 Å². The molecule has 2 amide bonds. The lowest BCUT2D eigenvalue weighted by Crippen LogP contribution is -2.57. The molecule has 1 fully saturated rings. The quantitative estimate of drug-likeness (QED) is 0.868. The van der Waals surface area contributed by atoms with Crippen molar-refractivity contribution in [1.29, 1.82) is 0 Å². The fraction of sp³-hybridized carbons (Fsp3) is 0.312. The van der Waals surface area contributed by atoms with Gasteiger partial charge in [0.1, 0.15) is 10.7 Å². The molecule has 1 aromatic heterocycles. The van der Waals surface area contributed by atoms with Gasteiger partial charge in [0, 0.05) is 22.5 Å². The number of primary amides is 1. The molecular formula is C16H16ClN3O3S. The van der Waals surface area contributed by atoms with Crippen LogP contribution < -0.4 is 5.73 Å². The molecule has 126 valence electrons. The van der Waals surface area contributed by atoms with Gasteiger partial charge in [-0.15, -0.1) is 11.3 Å². The zero-order valence-electron chi connectivity index (χ0n) is 12.7. The molecular weight excluding hydrogens is 350 g/mol. The van der Waals surface area contributed by atoms with Crippen LogP contribution in [0.5, 0.6) is 0 Å². The summed E-state index contributed by atoms with van der Waals surface area (Å²) in [6.07, 6.45) is 0.771. The van der Waals surface area contributed by atoms with Crippen molar-refractivity contribution in [3.05, 3.63) is 40.4 Å². The summed E-state index contributed by atoms with van der Waals surface area (Å²) in [7, 11) is 0. The second-order valence-corrected chi connectivity index (χ2v) is 7.07. The Labute approximate surface area is 147 Å². The molecule has 8 heteroatoms. The first-order valence-corrected chi connectivity index (χ1v) is 8.68. The maximum Gasteiger partial charge on any atom is 0.273 e. The summed E-state index contributed by atoms with van der Waals surface area (Å²) in [6.45, 7) is 0.351. The van der Waals surface area contributed by atoms with Crippen molar-refractivity contribution < 1.29 is 14.7 Å². The Kier molecular flexibility index (Phi) is 4.58. The number of nitrogens with two attached hydrogens (primary N) is 1. The summed E-state index contributed by atoms with van der Waals surface area (Å²) in [5.41, 5.74) is 4.69. The Balaban J connectivity index is 1.80. The number of carbonyl (C=O) groups excluding carboxylic acids is 2. The predicted molar refractivity (Wildman–Crippen MR) is 91.8 cm³/mol. The number of rotatable bonds is 3. The fourth-order valence-corrected chi connectivity index (χ4v) is 3.68. The third-order valence-electron chi connectivity index (χ3n) is 4.01. The number of halogens is 1. The smallest absolute Gasteiger partial charge is 0.273 e. The van der Waals surface area contributed by atoms with Crippen molar-refractivity contribution in [3.8, 4) is 10.6 Å². The minimum Gasteiger partial charge on any atom is -0.378 e. The fourth-order valence-electron chi connectivity index (χ4n) is 2.70. The number of thiazole rings is 1. The Hall–Kier alpha value is -1.96. The van der Waals surface area contributed by atoms with Crippen LogP contribution in [0.3, 0.4) is 0 Å². The van der Waals surface area contributed by atoms with Gasteiger partial charge in [0.15, 0.2) is 5.60 Å². The van der Waals surface area contributed by atoms with E-state index in [2.05, 4.69) is 4.98 Å². The minimum absolute atomic E-state index is 0.106. The molecule has 1 saturated heterocycles. The summed E-state index contributed by atoms with van der Waals surface area (Å²) >= 11 is 7.32. The normalized spacial score (nSPS) is 20.8. The van der Waals surface area contributed by atoms with Gasteiger partial charge in [0.05, 0.1) is 6.54 Å². The Morgan fingerprint density at radius 2 is 2.21 bits per heavy atom. The summed E-state index contributed by atoms with van der Waals surface area (Å²) in [5, 5.41) is 13.2. The highest BCUT2D eigenvalue weighted by Crippen LogP contribution is 2.28. The van der Waals surface area contributed by atoms with E-state index in [0.29, 0.717) is 23.0 Å². The van der Waals surface area contributed by atoms with Crippen molar-refractivity contribution in [2.75, 3.05) is 13.1 Å². The molecule has 6 nitrogen and oxygen atoms in total. The van der Waals surface area contributed by atoms with Crippen LogP contribution in [0, 0.1) is 0 Å². The van der Waals surface area contributed by atoms with Gasteiger partial charge >= 0.3 is 0 Å². The number of hydrogen-bond donors (Lipinski definition) is 2. The van der Waals surface area contributed by atoms with Crippen LogP contribution >= 0.6 is 22.9 Å². The average molecular weight is 366 g/mol. The van der Waals surface area contributed by atoms with Crippen molar-refractivity contribution in [2.24, 2.45) is 5.73 Å². The van der Waals surface area contributed by atoms with E-state index < -0.39 is 11.5 Å². The van der Waals surface area contributed by atoms with Gasteiger partial charge in [0.25, 0.3) is 11.8 Å². The van der Waals surface area contributed by atoms with E-state index in [1.54, 1.807) is 17.5 Å². The second kappa shape index (κ2) is 6.51. The molecule has 1 unspecified atom stereocenters. The lowest BCUT2D eigenvalue weighted by Gasteiger charge is -2.36. The lowest BCUT2D eigenvalue weighted by molar-refractivity contribution is -0.140. The number of piperidine rings is 1. The van der Waals surface area contributed by atoms with E-state index in [0.717, 1.165) is 5.56 Å². The molecule has 1 aliphatic heterocycles. The molecule has 0 saturated carbocycles. The first kappa shape index (κ1) is 16.9. The minimum atomic E-state index is -1.67. The average Bonchev–Trinajstić information content (AvgIpc) is 3.04. The molecule has 0 aliphatic carbocycles. The van der Waals surface area contributed by atoms with Crippen molar-refractivity contribution in [3.63, 3.8) is 0 Å². The summed E-state index contributed by atoms with van der Waals surface area (Å²) in [4.78, 5) is 29.8. The molecule has 0 spiro atoms. The van der Waals surface area contributed by atoms with Crippen LogP contribution in [-0.4, -0.2) is 45.5 Å². The monoisotopic (exact) mass is 365 g/mol. The topological polar surface area (TPSA) is 96.5 Å². The van der Waals surface area contributed by atoms with E-state index >= 15 is 0 Å². The number of likely N-dealkylation sites (tertiary alicyclic amines) is 1. The molecule has 3 N–H and O–H groups in total. The number of amides is 2. The highest BCUT2D eigenvalue weighted by atomic mass is 35.5. The zero-order valence-corrected chi connectivity index (χ0v) is 14.3. The largest absolute Gasteiger partial charge is 0.378 e.